The van der Waals surface area contributed by atoms with Gasteiger partial charge in [-0.15, -0.1) is 0 Å². The van der Waals surface area contributed by atoms with Gasteiger partial charge >= 0.3 is 0 Å². The van der Waals surface area contributed by atoms with E-state index in [0.29, 0.717) is 0 Å². The molecule has 3 nitrogen and oxygen atoms in total. The molecule has 0 saturated heterocycles. The van der Waals surface area contributed by atoms with Crippen LogP contribution in [0.25, 0.3) is 32.3 Å². The van der Waals surface area contributed by atoms with Gasteiger partial charge in [0.25, 0.3) is 10.1 Å². The van der Waals surface area contributed by atoms with E-state index in [-0.39, 0.29) is 4.90 Å². The molecule has 0 fully saturated rings. The molecule has 5 aromatic rings. The van der Waals surface area contributed by atoms with Crippen LogP contribution in [0.5, 0.6) is 0 Å². The van der Waals surface area contributed by atoms with Gasteiger partial charge < -0.3 is 0 Å². The zero-order valence-electron chi connectivity index (χ0n) is 17.5. The third-order valence-corrected chi connectivity index (χ3v) is 6.90. The lowest BCUT2D eigenvalue weighted by Crippen LogP contribution is -1.96. The summed E-state index contributed by atoms with van der Waals surface area (Å²) >= 11 is 0. The summed E-state index contributed by atoms with van der Waals surface area (Å²) in [4.78, 5) is -0.0666. The predicted octanol–water partition coefficient (Wildman–Crippen LogP) is 6.75. The first kappa shape index (κ1) is 20.3. The fourth-order valence-electron chi connectivity index (χ4n) is 4.10. The highest BCUT2D eigenvalue weighted by Gasteiger charge is 2.13. The molecule has 0 heterocycles. The van der Waals surface area contributed by atoms with E-state index in [9.17, 15) is 8.42 Å². The standard InChI is InChI=1S/C19H16.C7H8O3S/c1-11-12(2)16-9-7-14-5-4-6-15-8-10-17(13(11)3)19(16)18(14)15;1-6-2-4-7(5-3-6)11(8,9)10/h4-10H,1-3H3;2-5H,1H3,(H,8,9,10). The van der Waals surface area contributed by atoms with Crippen LogP contribution in [0.15, 0.2) is 71.6 Å². The molecular weight excluding hydrogens is 392 g/mol. The predicted molar refractivity (Wildman–Crippen MR) is 125 cm³/mol. The van der Waals surface area contributed by atoms with Gasteiger partial charge in [-0.25, -0.2) is 0 Å². The molecule has 0 spiro atoms. The van der Waals surface area contributed by atoms with E-state index < -0.39 is 10.1 Å². The molecule has 0 unspecified atom stereocenters. The average molecular weight is 417 g/mol. The molecule has 0 radical (unpaired) electrons. The Labute approximate surface area is 177 Å². The minimum absolute atomic E-state index is 0.0666. The fourth-order valence-corrected chi connectivity index (χ4v) is 4.58. The molecule has 30 heavy (non-hydrogen) atoms. The Bertz CT molecular complexity index is 1410. The van der Waals surface area contributed by atoms with Crippen LogP contribution in [0, 0.1) is 27.7 Å². The van der Waals surface area contributed by atoms with Crippen LogP contribution in [-0.2, 0) is 10.1 Å². The first-order chi connectivity index (χ1) is 14.2. The molecule has 5 aromatic carbocycles. The highest BCUT2D eigenvalue weighted by atomic mass is 32.2. The lowest BCUT2D eigenvalue weighted by Gasteiger charge is -2.17. The van der Waals surface area contributed by atoms with Crippen molar-refractivity contribution < 1.29 is 13.0 Å². The summed E-state index contributed by atoms with van der Waals surface area (Å²) in [6.07, 6.45) is 0. The smallest absolute Gasteiger partial charge is 0.282 e. The van der Waals surface area contributed by atoms with Gasteiger partial charge in [0.15, 0.2) is 0 Å². The first-order valence-corrected chi connectivity index (χ1v) is 11.3. The largest absolute Gasteiger partial charge is 0.294 e. The molecule has 4 heteroatoms. The van der Waals surface area contributed by atoms with E-state index in [0.717, 1.165) is 5.56 Å². The third kappa shape index (κ3) is 3.42. The summed E-state index contributed by atoms with van der Waals surface area (Å²) in [5.41, 5.74) is 5.22. The number of aryl methyl sites for hydroxylation is 3. The van der Waals surface area contributed by atoms with Crippen molar-refractivity contribution in [1.29, 1.82) is 0 Å². The van der Waals surface area contributed by atoms with Gasteiger partial charge in [0.05, 0.1) is 4.90 Å². The zero-order chi connectivity index (χ0) is 21.6. The monoisotopic (exact) mass is 416 g/mol. The van der Waals surface area contributed by atoms with Crippen LogP contribution < -0.4 is 0 Å². The topological polar surface area (TPSA) is 54.4 Å². The molecule has 5 rings (SSSR count). The van der Waals surface area contributed by atoms with E-state index in [1.807, 2.05) is 6.92 Å². The van der Waals surface area contributed by atoms with Crippen LogP contribution in [-0.4, -0.2) is 13.0 Å². The Balaban J connectivity index is 0.000000170. The highest BCUT2D eigenvalue weighted by molar-refractivity contribution is 7.85. The number of benzene rings is 5. The Kier molecular flexibility index (Phi) is 5.00. The van der Waals surface area contributed by atoms with E-state index in [2.05, 4.69) is 63.2 Å². The molecule has 0 amide bonds. The normalized spacial score (nSPS) is 11.8. The quantitative estimate of drug-likeness (QED) is 0.243. The second kappa shape index (κ2) is 7.38. The maximum absolute atomic E-state index is 10.5. The Morgan fingerprint density at radius 3 is 1.57 bits per heavy atom. The van der Waals surface area contributed by atoms with E-state index in [4.69, 9.17) is 4.55 Å². The number of hydrogen-bond acceptors (Lipinski definition) is 2. The molecule has 0 aliphatic carbocycles. The van der Waals surface area contributed by atoms with Gasteiger partial charge in [-0.05, 0) is 88.8 Å². The highest BCUT2D eigenvalue weighted by Crippen LogP contribution is 2.38. The molecule has 0 atom stereocenters. The Hall–Kier alpha value is -2.95. The van der Waals surface area contributed by atoms with Crippen LogP contribution >= 0.6 is 0 Å². The van der Waals surface area contributed by atoms with E-state index in [1.54, 1.807) is 12.1 Å². The van der Waals surface area contributed by atoms with Gasteiger partial charge in [0.1, 0.15) is 0 Å². The van der Waals surface area contributed by atoms with Gasteiger partial charge in [0.2, 0.25) is 0 Å². The molecule has 0 aromatic heterocycles. The average Bonchev–Trinajstić information content (AvgIpc) is 2.72. The van der Waals surface area contributed by atoms with E-state index in [1.165, 1.54) is 61.1 Å². The van der Waals surface area contributed by atoms with Crippen molar-refractivity contribution in [2.24, 2.45) is 0 Å². The van der Waals surface area contributed by atoms with E-state index >= 15 is 0 Å². The number of rotatable bonds is 1. The molecule has 0 bridgehead atoms. The van der Waals surface area contributed by atoms with Crippen LogP contribution in [0.2, 0.25) is 0 Å². The van der Waals surface area contributed by atoms with Gasteiger partial charge in [-0.1, -0.05) is 60.2 Å². The Morgan fingerprint density at radius 1 is 0.600 bits per heavy atom. The lowest BCUT2D eigenvalue weighted by atomic mass is 9.87. The summed E-state index contributed by atoms with van der Waals surface area (Å²) in [6.45, 7) is 8.56. The summed E-state index contributed by atoms with van der Waals surface area (Å²) in [7, 11) is -4.02. The second-order valence-corrected chi connectivity index (χ2v) is 9.27. The van der Waals surface area contributed by atoms with Crippen molar-refractivity contribution >= 4 is 42.4 Å². The molecule has 152 valence electrons. The zero-order valence-corrected chi connectivity index (χ0v) is 18.3. The molecule has 0 aliphatic rings. The summed E-state index contributed by atoms with van der Waals surface area (Å²) in [5.74, 6) is 0. The van der Waals surface area contributed by atoms with Crippen molar-refractivity contribution in [2.45, 2.75) is 32.6 Å². The SMILES string of the molecule is Cc1c(C)c2ccc3cccc4ccc(c1C)c2c34.Cc1ccc(S(=O)(=O)O)cc1. The minimum Gasteiger partial charge on any atom is -0.282 e. The lowest BCUT2D eigenvalue weighted by molar-refractivity contribution is 0.483. The maximum Gasteiger partial charge on any atom is 0.294 e. The molecule has 1 N–H and O–H groups in total. The third-order valence-electron chi connectivity index (χ3n) is 6.03. The van der Waals surface area contributed by atoms with Crippen LogP contribution in [0.4, 0.5) is 0 Å². The fraction of sp³-hybridized carbons (Fsp3) is 0.154. The van der Waals surface area contributed by atoms with Crippen LogP contribution in [0.1, 0.15) is 22.3 Å². The first-order valence-electron chi connectivity index (χ1n) is 9.86. The van der Waals surface area contributed by atoms with Crippen molar-refractivity contribution in [2.75, 3.05) is 0 Å². The maximum atomic E-state index is 10.5. The summed E-state index contributed by atoms with van der Waals surface area (Å²) < 4.78 is 29.6. The van der Waals surface area contributed by atoms with Gasteiger partial charge in [-0.2, -0.15) is 8.42 Å². The van der Waals surface area contributed by atoms with Crippen molar-refractivity contribution in [3.8, 4) is 0 Å². The number of hydrogen-bond donors (Lipinski definition) is 1. The van der Waals surface area contributed by atoms with Crippen molar-refractivity contribution in [3.63, 3.8) is 0 Å². The summed E-state index contributed by atoms with van der Waals surface area (Å²) in [5, 5.41) is 8.36. The minimum atomic E-state index is -4.02. The molecular formula is C26H24O3S. The van der Waals surface area contributed by atoms with Crippen LogP contribution in [0.3, 0.4) is 0 Å². The summed E-state index contributed by atoms with van der Waals surface area (Å²) in [6, 6.07) is 21.6. The molecule has 0 saturated carbocycles. The molecule has 0 aliphatic heterocycles. The van der Waals surface area contributed by atoms with Crippen molar-refractivity contribution in [1.82, 2.24) is 0 Å². The Morgan fingerprint density at radius 2 is 1.10 bits per heavy atom. The van der Waals surface area contributed by atoms with Gasteiger partial charge in [-0.3, -0.25) is 4.55 Å². The van der Waals surface area contributed by atoms with Gasteiger partial charge in [0, 0.05) is 0 Å². The second-order valence-electron chi connectivity index (χ2n) is 7.84. The van der Waals surface area contributed by atoms with Crippen molar-refractivity contribution in [3.05, 3.63) is 89.0 Å².